The highest BCUT2D eigenvalue weighted by atomic mass is 16.5. The number of rotatable bonds is 4. The highest BCUT2D eigenvalue weighted by molar-refractivity contribution is 5.99. The largest absolute Gasteiger partial charge is 0.507 e. The lowest BCUT2D eigenvalue weighted by Crippen LogP contribution is -2.11. The second-order valence-electron chi connectivity index (χ2n) is 4.83. The van der Waals surface area contributed by atoms with Gasteiger partial charge in [-0.05, 0) is 30.9 Å². The van der Waals surface area contributed by atoms with Gasteiger partial charge in [0.15, 0.2) is 5.78 Å². The highest BCUT2D eigenvalue weighted by Crippen LogP contribution is 2.39. The van der Waals surface area contributed by atoms with E-state index in [-0.39, 0.29) is 23.0 Å². The minimum absolute atomic E-state index is 0.0364. The minimum Gasteiger partial charge on any atom is -0.507 e. The average molecular weight is 264 g/mol. The molecule has 0 aliphatic rings. The Hall–Kier alpha value is -1.84. The molecule has 0 amide bonds. The van der Waals surface area contributed by atoms with Crippen LogP contribution in [0.5, 0.6) is 11.5 Å². The zero-order chi connectivity index (χ0) is 14.7. The number of Topliss-reactive ketones (excluding diaryl/α,β-unsaturated/α-hetero) is 1. The first kappa shape index (κ1) is 15.2. The molecule has 0 atom stereocenters. The van der Waals surface area contributed by atoms with Crippen molar-refractivity contribution >= 4 is 11.8 Å². The van der Waals surface area contributed by atoms with Gasteiger partial charge in [0.1, 0.15) is 11.5 Å². The number of aromatic hydroxyl groups is 1. The van der Waals surface area contributed by atoms with E-state index in [1.165, 1.54) is 19.9 Å². The zero-order valence-electron chi connectivity index (χ0n) is 12.0. The van der Waals surface area contributed by atoms with Gasteiger partial charge in [0.05, 0.1) is 5.56 Å². The van der Waals surface area contributed by atoms with Gasteiger partial charge >= 0.3 is 5.97 Å². The summed E-state index contributed by atoms with van der Waals surface area (Å²) in [5.41, 5.74) is 1.56. The van der Waals surface area contributed by atoms with Crippen LogP contribution >= 0.6 is 0 Å². The molecule has 4 nitrogen and oxygen atoms in total. The highest BCUT2D eigenvalue weighted by Gasteiger charge is 2.24. The molecule has 0 saturated carbocycles. The Kier molecular flexibility index (Phi) is 4.70. The maximum Gasteiger partial charge on any atom is 0.308 e. The third-order valence-electron chi connectivity index (χ3n) is 2.93. The second kappa shape index (κ2) is 5.87. The number of esters is 1. The van der Waals surface area contributed by atoms with Gasteiger partial charge < -0.3 is 9.84 Å². The van der Waals surface area contributed by atoms with Crippen molar-refractivity contribution in [3.63, 3.8) is 0 Å². The molecule has 1 aromatic rings. The predicted octanol–water partition coefficient (Wildman–Crippen LogP) is 3.21. The number of carbonyl (C=O) groups excluding carboxylic acids is 2. The number of hydrogen-bond acceptors (Lipinski definition) is 4. The third kappa shape index (κ3) is 3.13. The molecule has 4 heteroatoms. The van der Waals surface area contributed by atoms with Crippen LogP contribution in [0.15, 0.2) is 6.07 Å². The monoisotopic (exact) mass is 264 g/mol. The van der Waals surface area contributed by atoms with Gasteiger partial charge in [-0.1, -0.05) is 20.8 Å². The van der Waals surface area contributed by atoms with Crippen LogP contribution in [0.25, 0.3) is 0 Å². The van der Waals surface area contributed by atoms with E-state index in [0.717, 1.165) is 5.56 Å². The molecule has 19 heavy (non-hydrogen) atoms. The van der Waals surface area contributed by atoms with Crippen LogP contribution < -0.4 is 4.74 Å². The Morgan fingerprint density at radius 2 is 1.89 bits per heavy atom. The number of carbonyl (C=O) groups is 2. The number of aryl methyl sites for hydroxylation is 1. The van der Waals surface area contributed by atoms with E-state index in [0.29, 0.717) is 17.7 Å². The molecular weight excluding hydrogens is 244 g/mol. The Morgan fingerprint density at radius 3 is 2.26 bits per heavy atom. The molecule has 0 aliphatic carbocycles. The number of hydrogen-bond donors (Lipinski definition) is 1. The fourth-order valence-corrected chi connectivity index (χ4v) is 2.17. The van der Waals surface area contributed by atoms with Crippen molar-refractivity contribution in [2.24, 2.45) is 0 Å². The summed E-state index contributed by atoms with van der Waals surface area (Å²) < 4.78 is 5.27. The molecule has 1 N–H and O–H groups in total. The fraction of sp³-hybridized carbons (Fsp3) is 0.467. The van der Waals surface area contributed by atoms with Crippen molar-refractivity contribution in [3.05, 3.63) is 22.8 Å². The summed E-state index contributed by atoms with van der Waals surface area (Å²) in [6.07, 6.45) is 0.605. The topological polar surface area (TPSA) is 63.6 Å². The summed E-state index contributed by atoms with van der Waals surface area (Å²) in [7, 11) is 0. The molecule has 0 spiro atoms. The normalized spacial score (nSPS) is 10.6. The molecule has 1 aromatic carbocycles. The van der Waals surface area contributed by atoms with Gasteiger partial charge in [-0.3, -0.25) is 9.59 Å². The Morgan fingerprint density at radius 1 is 1.32 bits per heavy atom. The molecule has 0 saturated heterocycles. The van der Waals surface area contributed by atoms with Crippen LogP contribution in [-0.4, -0.2) is 16.9 Å². The lowest BCUT2D eigenvalue weighted by atomic mass is 9.90. The zero-order valence-corrected chi connectivity index (χ0v) is 12.0. The quantitative estimate of drug-likeness (QED) is 0.515. The molecule has 0 unspecified atom stereocenters. The molecule has 0 heterocycles. The number of phenolic OH excluding ortho intramolecular Hbond substituents is 1. The lowest BCUT2D eigenvalue weighted by Gasteiger charge is -2.20. The third-order valence-corrected chi connectivity index (χ3v) is 2.93. The van der Waals surface area contributed by atoms with E-state index in [9.17, 15) is 14.7 Å². The van der Waals surface area contributed by atoms with Crippen LogP contribution in [0.1, 0.15) is 62.0 Å². The van der Waals surface area contributed by atoms with Gasteiger partial charge in [0.2, 0.25) is 0 Å². The molecule has 0 aliphatic heterocycles. The van der Waals surface area contributed by atoms with Gasteiger partial charge in [-0.25, -0.2) is 0 Å². The average Bonchev–Trinajstić information content (AvgIpc) is 2.28. The first-order valence-electron chi connectivity index (χ1n) is 6.37. The first-order chi connectivity index (χ1) is 8.79. The number of ether oxygens (including phenoxy) is 1. The summed E-state index contributed by atoms with van der Waals surface area (Å²) in [5, 5.41) is 10.0. The molecule has 104 valence electrons. The van der Waals surface area contributed by atoms with Crippen LogP contribution in [0.4, 0.5) is 0 Å². The van der Waals surface area contributed by atoms with E-state index in [1.54, 1.807) is 0 Å². The van der Waals surface area contributed by atoms with Crippen molar-refractivity contribution < 1.29 is 19.4 Å². The summed E-state index contributed by atoms with van der Waals surface area (Å²) in [4.78, 5) is 23.0. The van der Waals surface area contributed by atoms with Crippen molar-refractivity contribution in [3.8, 4) is 11.5 Å². The molecular formula is C15H20O4. The molecule has 0 radical (unpaired) electrons. The number of benzene rings is 1. The van der Waals surface area contributed by atoms with Gasteiger partial charge in [0.25, 0.3) is 0 Å². The van der Waals surface area contributed by atoms with Crippen LogP contribution in [0.3, 0.4) is 0 Å². The Labute approximate surface area is 113 Å². The molecule has 0 fully saturated rings. The van der Waals surface area contributed by atoms with E-state index in [4.69, 9.17) is 4.74 Å². The van der Waals surface area contributed by atoms with Crippen LogP contribution in [-0.2, 0) is 11.2 Å². The fourth-order valence-electron chi connectivity index (χ4n) is 2.17. The first-order valence-corrected chi connectivity index (χ1v) is 6.37. The van der Waals surface area contributed by atoms with E-state index in [1.807, 2.05) is 20.8 Å². The van der Waals surface area contributed by atoms with E-state index >= 15 is 0 Å². The maximum absolute atomic E-state index is 11.7. The van der Waals surface area contributed by atoms with Gasteiger partial charge in [-0.2, -0.15) is 0 Å². The summed E-state index contributed by atoms with van der Waals surface area (Å²) in [6.45, 7) is 8.41. The van der Waals surface area contributed by atoms with Gasteiger partial charge in [-0.15, -0.1) is 0 Å². The lowest BCUT2D eigenvalue weighted by molar-refractivity contribution is -0.132. The van der Waals surface area contributed by atoms with E-state index < -0.39 is 5.97 Å². The standard InChI is InChI=1S/C15H20O4/c1-6-11-7-12(18)14(9(4)16)13(8(2)3)15(11)19-10(5)17/h7-8,18H,6H2,1-5H3. The van der Waals surface area contributed by atoms with Crippen molar-refractivity contribution in [2.75, 3.05) is 0 Å². The predicted molar refractivity (Wildman–Crippen MR) is 72.9 cm³/mol. The van der Waals surface area contributed by atoms with Crippen molar-refractivity contribution in [2.45, 2.75) is 47.0 Å². The maximum atomic E-state index is 11.7. The SMILES string of the molecule is CCc1cc(O)c(C(C)=O)c(C(C)C)c1OC(C)=O. The minimum atomic E-state index is -0.434. The summed E-state index contributed by atoms with van der Waals surface area (Å²) >= 11 is 0. The van der Waals surface area contributed by atoms with Crippen molar-refractivity contribution in [1.29, 1.82) is 0 Å². The van der Waals surface area contributed by atoms with Crippen LogP contribution in [0.2, 0.25) is 0 Å². The number of phenols is 1. The van der Waals surface area contributed by atoms with E-state index in [2.05, 4.69) is 0 Å². The summed E-state index contributed by atoms with van der Waals surface area (Å²) in [6, 6.07) is 1.50. The Balaban J connectivity index is 3.68. The molecule has 0 aromatic heterocycles. The number of ketones is 1. The smallest absolute Gasteiger partial charge is 0.308 e. The van der Waals surface area contributed by atoms with Crippen molar-refractivity contribution in [1.82, 2.24) is 0 Å². The second-order valence-corrected chi connectivity index (χ2v) is 4.83. The summed E-state index contributed by atoms with van der Waals surface area (Å²) in [5.74, 6) is -0.350. The molecule has 1 rings (SSSR count). The Bertz CT molecular complexity index is 515. The molecule has 0 bridgehead atoms. The van der Waals surface area contributed by atoms with Gasteiger partial charge in [0, 0.05) is 12.5 Å². The van der Waals surface area contributed by atoms with Crippen LogP contribution in [0, 0.1) is 0 Å².